The number of nitrogen functional groups attached to an aromatic ring is 1. The van der Waals surface area contributed by atoms with E-state index in [2.05, 4.69) is 15.9 Å². The first-order chi connectivity index (χ1) is 12.9. The Labute approximate surface area is 164 Å². The summed E-state index contributed by atoms with van der Waals surface area (Å²) < 4.78 is 13.2. The largest absolute Gasteiger partial charge is 0.464 e. The molecule has 0 aliphatic heterocycles. The van der Waals surface area contributed by atoms with E-state index in [1.807, 2.05) is 43.3 Å². The molecule has 0 spiro atoms. The summed E-state index contributed by atoms with van der Waals surface area (Å²) in [6, 6.07) is 14.9. The smallest absolute Gasteiger partial charge is 0.357 e. The van der Waals surface area contributed by atoms with Crippen molar-refractivity contribution in [2.75, 3.05) is 12.8 Å². The molecule has 0 saturated heterocycles. The maximum Gasteiger partial charge on any atom is 0.357 e. The molecule has 0 aliphatic rings. The van der Waals surface area contributed by atoms with E-state index in [1.165, 1.54) is 13.3 Å². The Morgan fingerprint density at radius 1 is 1.19 bits per heavy atom. The topological polar surface area (TPSA) is 90.3 Å². The minimum Gasteiger partial charge on any atom is -0.464 e. The van der Waals surface area contributed by atoms with Crippen molar-refractivity contribution in [2.24, 2.45) is 0 Å². The van der Waals surface area contributed by atoms with Crippen molar-refractivity contribution in [3.8, 4) is 23.3 Å². The van der Waals surface area contributed by atoms with E-state index in [4.69, 9.17) is 15.2 Å². The van der Waals surface area contributed by atoms with E-state index >= 15 is 0 Å². The minimum absolute atomic E-state index is 0.0962. The van der Waals surface area contributed by atoms with Gasteiger partial charge in [0.15, 0.2) is 5.69 Å². The van der Waals surface area contributed by atoms with Gasteiger partial charge in [0.25, 0.3) is 0 Å². The second kappa shape index (κ2) is 7.56. The van der Waals surface area contributed by atoms with Crippen LogP contribution >= 0.6 is 15.9 Å². The lowest BCUT2D eigenvalue weighted by atomic mass is 10.2. The number of nitrogens with zero attached hydrogens (tertiary/aromatic N) is 2. The summed E-state index contributed by atoms with van der Waals surface area (Å²) in [5.41, 5.74) is 7.93. The number of hydrogen-bond acceptors (Lipinski definition) is 5. The highest BCUT2D eigenvalue weighted by Crippen LogP contribution is 2.30. The molecule has 1 aromatic heterocycles. The summed E-state index contributed by atoms with van der Waals surface area (Å²) in [6.07, 6.45) is 1.53. The Hall–Kier alpha value is -3.24. The Morgan fingerprint density at radius 2 is 1.85 bits per heavy atom. The number of rotatable bonds is 4. The number of ether oxygens (including phenoxy) is 2. The average Bonchev–Trinajstić information content (AvgIpc) is 2.99. The lowest BCUT2D eigenvalue weighted by molar-refractivity contribution is 0.0593. The van der Waals surface area contributed by atoms with Crippen molar-refractivity contribution < 1.29 is 14.3 Å². The molecule has 6 nitrogen and oxygen atoms in total. The zero-order chi connectivity index (χ0) is 19.6. The number of hydrogen-bond donors (Lipinski definition) is 1. The predicted octanol–water partition coefficient (Wildman–Crippen LogP) is 4.58. The van der Waals surface area contributed by atoms with Crippen LogP contribution in [0.25, 0.3) is 5.69 Å². The van der Waals surface area contributed by atoms with Crippen LogP contribution < -0.4 is 10.5 Å². The first kappa shape index (κ1) is 18.5. The minimum atomic E-state index is -0.608. The molecule has 7 heteroatoms. The Bertz CT molecular complexity index is 1050. The highest BCUT2D eigenvalue weighted by molar-refractivity contribution is 9.10. The number of esters is 1. The van der Waals surface area contributed by atoms with Crippen molar-refractivity contribution in [1.29, 1.82) is 5.26 Å². The molecule has 0 bridgehead atoms. The highest BCUT2D eigenvalue weighted by atomic mass is 79.9. The Kier molecular flexibility index (Phi) is 5.19. The van der Waals surface area contributed by atoms with E-state index < -0.39 is 5.97 Å². The van der Waals surface area contributed by atoms with Gasteiger partial charge in [0.2, 0.25) is 0 Å². The van der Waals surface area contributed by atoms with Crippen LogP contribution in [0.15, 0.2) is 53.1 Å². The van der Waals surface area contributed by atoms with Crippen LogP contribution in [0.1, 0.15) is 21.6 Å². The fourth-order valence-electron chi connectivity index (χ4n) is 2.71. The molecular formula is C20H16BrN3O3. The van der Waals surface area contributed by atoms with Crippen LogP contribution in [-0.4, -0.2) is 17.6 Å². The van der Waals surface area contributed by atoms with Crippen LogP contribution in [0.5, 0.6) is 11.5 Å². The van der Waals surface area contributed by atoms with Crippen molar-refractivity contribution in [3.63, 3.8) is 0 Å². The van der Waals surface area contributed by atoms with Gasteiger partial charge >= 0.3 is 5.97 Å². The molecule has 0 unspecified atom stereocenters. The number of carbonyl (C=O) groups is 1. The molecule has 136 valence electrons. The number of methoxy groups -OCH3 is 1. The summed E-state index contributed by atoms with van der Waals surface area (Å²) in [5.74, 6) is 0.750. The quantitative estimate of drug-likeness (QED) is 0.617. The van der Waals surface area contributed by atoms with Gasteiger partial charge in [-0.25, -0.2) is 4.79 Å². The zero-order valence-corrected chi connectivity index (χ0v) is 16.3. The third kappa shape index (κ3) is 3.66. The first-order valence-corrected chi connectivity index (χ1v) is 8.77. The maximum absolute atomic E-state index is 12.1. The van der Waals surface area contributed by atoms with Crippen molar-refractivity contribution >= 4 is 27.6 Å². The van der Waals surface area contributed by atoms with Gasteiger partial charge in [-0.05, 0) is 55.0 Å². The van der Waals surface area contributed by atoms with Crippen LogP contribution in [0, 0.1) is 18.3 Å². The summed E-state index contributed by atoms with van der Waals surface area (Å²) in [7, 11) is 1.27. The third-order valence-corrected chi connectivity index (χ3v) is 4.55. The SMILES string of the molecule is COC(=O)c1c(N)c(C#N)cn1-c1ccc(Oc2ccc(Br)cc2)cc1C. The Balaban J connectivity index is 2.00. The van der Waals surface area contributed by atoms with Crippen LogP contribution in [0.2, 0.25) is 0 Å². The molecule has 1 heterocycles. The number of nitrogens with two attached hydrogens (primary N) is 1. The average molecular weight is 426 g/mol. The molecule has 0 amide bonds. The van der Waals surface area contributed by atoms with E-state index in [1.54, 1.807) is 16.7 Å². The molecule has 3 aromatic rings. The fourth-order valence-corrected chi connectivity index (χ4v) is 2.97. The van der Waals surface area contributed by atoms with Gasteiger partial charge < -0.3 is 19.8 Å². The van der Waals surface area contributed by atoms with Crippen molar-refractivity contribution in [2.45, 2.75) is 6.92 Å². The molecule has 0 fully saturated rings. The molecule has 0 aliphatic carbocycles. The van der Waals surface area contributed by atoms with Gasteiger partial charge in [0, 0.05) is 16.4 Å². The normalized spacial score (nSPS) is 10.3. The van der Waals surface area contributed by atoms with Gasteiger partial charge in [-0.15, -0.1) is 0 Å². The van der Waals surface area contributed by atoms with Crippen molar-refractivity contribution in [3.05, 3.63) is 70.0 Å². The third-order valence-electron chi connectivity index (χ3n) is 4.02. The number of anilines is 1. The molecule has 2 N–H and O–H groups in total. The number of benzene rings is 2. The Morgan fingerprint density at radius 3 is 2.44 bits per heavy atom. The molecule has 0 atom stereocenters. The number of aryl methyl sites for hydroxylation is 1. The van der Waals surface area contributed by atoms with Gasteiger partial charge in [-0.3, -0.25) is 0 Å². The van der Waals surface area contributed by atoms with Gasteiger partial charge in [0.1, 0.15) is 17.6 Å². The standard InChI is InChI=1S/C20H16BrN3O3/c1-12-9-16(27-15-5-3-14(21)4-6-15)7-8-17(12)24-11-13(10-22)18(23)19(24)20(25)26-2/h3-9,11H,23H2,1-2H3. The van der Waals surface area contributed by atoms with E-state index in [0.717, 1.165) is 10.0 Å². The zero-order valence-electron chi connectivity index (χ0n) is 14.7. The number of nitriles is 1. The summed E-state index contributed by atoms with van der Waals surface area (Å²) in [5, 5.41) is 9.24. The van der Waals surface area contributed by atoms with Gasteiger partial charge in [0.05, 0.1) is 18.4 Å². The van der Waals surface area contributed by atoms with E-state index in [-0.39, 0.29) is 16.9 Å². The molecule has 2 aromatic carbocycles. The summed E-state index contributed by atoms with van der Waals surface area (Å²) in [4.78, 5) is 12.1. The highest BCUT2D eigenvalue weighted by Gasteiger charge is 2.22. The van der Waals surface area contributed by atoms with Crippen molar-refractivity contribution in [1.82, 2.24) is 4.57 Å². The number of carbonyl (C=O) groups excluding carboxylic acids is 1. The fraction of sp³-hybridized carbons (Fsp3) is 0.100. The van der Waals surface area contributed by atoms with Crippen LogP contribution in [-0.2, 0) is 4.74 Å². The predicted molar refractivity (Wildman–Crippen MR) is 105 cm³/mol. The summed E-state index contributed by atoms with van der Waals surface area (Å²) in [6.45, 7) is 1.88. The van der Waals surface area contributed by atoms with E-state index in [9.17, 15) is 10.1 Å². The molecule has 0 saturated carbocycles. The van der Waals surface area contributed by atoms with Crippen LogP contribution in [0.3, 0.4) is 0 Å². The summed E-state index contributed by atoms with van der Waals surface area (Å²) >= 11 is 3.39. The van der Waals surface area contributed by atoms with E-state index in [0.29, 0.717) is 17.2 Å². The van der Waals surface area contributed by atoms with Gasteiger partial charge in [-0.2, -0.15) is 5.26 Å². The maximum atomic E-state index is 12.1. The first-order valence-electron chi connectivity index (χ1n) is 7.98. The second-order valence-corrected chi connectivity index (χ2v) is 6.70. The second-order valence-electron chi connectivity index (χ2n) is 5.78. The molecular weight excluding hydrogens is 410 g/mol. The lowest BCUT2D eigenvalue weighted by Crippen LogP contribution is -2.11. The monoisotopic (exact) mass is 425 g/mol. The van der Waals surface area contributed by atoms with Gasteiger partial charge in [-0.1, -0.05) is 15.9 Å². The number of halogens is 1. The lowest BCUT2D eigenvalue weighted by Gasteiger charge is -2.13. The molecule has 3 rings (SSSR count). The van der Waals surface area contributed by atoms with Crippen LogP contribution in [0.4, 0.5) is 5.69 Å². The molecule has 0 radical (unpaired) electrons. The number of aromatic nitrogens is 1. The molecule has 27 heavy (non-hydrogen) atoms.